The Bertz CT molecular complexity index is 1090. The number of aliphatic imine (C=N–C) groups is 1. The first-order chi connectivity index (χ1) is 15.6. The molecule has 1 amide bonds. The van der Waals surface area contributed by atoms with Crippen LogP contribution < -0.4 is 16.6 Å². The molecule has 3 aliphatic rings. The molecule has 0 bridgehead atoms. The highest BCUT2D eigenvalue weighted by molar-refractivity contribution is 6.04. The van der Waals surface area contributed by atoms with Crippen LogP contribution in [-0.2, 0) is 6.54 Å². The summed E-state index contributed by atoms with van der Waals surface area (Å²) in [5.74, 6) is 0.302. The summed E-state index contributed by atoms with van der Waals surface area (Å²) in [6.45, 7) is 0.627. The van der Waals surface area contributed by atoms with Crippen molar-refractivity contribution in [2.24, 2.45) is 10.7 Å². The predicted molar refractivity (Wildman–Crippen MR) is 127 cm³/mol. The number of carbonyl (C=O) groups is 1. The molecule has 0 spiro atoms. The lowest BCUT2D eigenvalue weighted by molar-refractivity contribution is 0.0707. The van der Waals surface area contributed by atoms with Gasteiger partial charge in [0.1, 0.15) is 11.4 Å². The lowest BCUT2D eigenvalue weighted by Gasteiger charge is -2.24. The number of aromatic nitrogens is 1. The molecule has 2 fully saturated rings. The highest BCUT2D eigenvalue weighted by atomic mass is 16.2. The van der Waals surface area contributed by atoms with Gasteiger partial charge in [-0.05, 0) is 55.5 Å². The molecule has 2 aromatic rings. The Morgan fingerprint density at radius 1 is 1.03 bits per heavy atom. The number of nitrogens with two attached hydrogens (primary N) is 1. The second-order valence-electron chi connectivity index (χ2n) is 9.28. The fourth-order valence-electron chi connectivity index (χ4n) is 5.42. The summed E-state index contributed by atoms with van der Waals surface area (Å²) in [6.07, 6.45) is 12.1. The topological polar surface area (TPSA) is 104 Å². The molecule has 2 saturated carbocycles. The molecular formula is C25H31N5O2. The zero-order chi connectivity index (χ0) is 22.1. The van der Waals surface area contributed by atoms with Crippen LogP contribution in [0, 0.1) is 0 Å². The largest absolute Gasteiger partial charge is 0.383 e. The van der Waals surface area contributed by atoms with Crippen LogP contribution in [0.4, 0.5) is 11.4 Å². The molecule has 0 saturated heterocycles. The normalized spacial score (nSPS) is 20.1. The van der Waals surface area contributed by atoms with Gasteiger partial charge in [0, 0.05) is 30.4 Å². The van der Waals surface area contributed by atoms with Gasteiger partial charge in [-0.3, -0.25) is 9.59 Å². The van der Waals surface area contributed by atoms with Gasteiger partial charge in [0.15, 0.2) is 0 Å². The van der Waals surface area contributed by atoms with E-state index in [1.165, 1.54) is 32.1 Å². The summed E-state index contributed by atoms with van der Waals surface area (Å²) in [5.41, 5.74) is 9.60. The minimum absolute atomic E-state index is 0.119. The molecule has 1 aromatic heterocycles. The molecule has 5 rings (SSSR count). The molecule has 4 N–H and O–H groups in total. The first-order valence-corrected chi connectivity index (χ1v) is 11.9. The van der Waals surface area contributed by atoms with Crippen molar-refractivity contribution in [2.45, 2.75) is 76.4 Å². The molecule has 0 unspecified atom stereocenters. The van der Waals surface area contributed by atoms with E-state index in [0.29, 0.717) is 29.9 Å². The zero-order valence-corrected chi connectivity index (χ0v) is 18.4. The lowest BCUT2D eigenvalue weighted by atomic mass is 9.95. The lowest BCUT2D eigenvalue weighted by Crippen LogP contribution is -2.33. The molecule has 7 nitrogen and oxygen atoms in total. The molecule has 7 heteroatoms. The van der Waals surface area contributed by atoms with Crippen LogP contribution in [0.15, 0.2) is 40.2 Å². The first-order valence-electron chi connectivity index (χ1n) is 11.9. The van der Waals surface area contributed by atoms with Gasteiger partial charge in [-0.25, -0.2) is 4.99 Å². The highest BCUT2D eigenvalue weighted by Gasteiger charge is 2.34. The van der Waals surface area contributed by atoms with Crippen LogP contribution in [0.2, 0.25) is 0 Å². The van der Waals surface area contributed by atoms with Gasteiger partial charge in [0.05, 0.1) is 11.4 Å². The van der Waals surface area contributed by atoms with Gasteiger partial charge in [-0.15, -0.1) is 0 Å². The van der Waals surface area contributed by atoms with E-state index >= 15 is 0 Å². The standard InChI is InChI=1S/C25H31N5O2/c26-23(22-21(12-13-27-24(22)31)28-17-6-2-1-3-7-17)29-18-10-11-20-16(14-18)15-30(25(20)32)19-8-4-5-9-19/h10-14,17,19H,1-9,15H2,(H2,26,29)(H2,27,28,31). The van der Waals surface area contributed by atoms with E-state index in [9.17, 15) is 9.59 Å². The fraction of sp³-hybridized carbons (Fsp3) is 0.480. The monoisotopic (exact) mass is 433 g/mol. The number of benzene rings is 1. The highest BCUT2D eigenvalue weighted by Crippen LogP contribution is 2.33. The van der Waals surface area contributed by atoms with E-state index < -0.39 is 0 Å². The summed E-state index contributed by atoms with van der Waals surface area (Å²) in [6, 6.07) is 8.14. The fourth-order valence-corrected chi connectivity index (χ4v) is 5.42. The molecule has 2 heterocycles. The minimum atomic E-state index is -0.254. The third-order valence-electron chi connectivity index (χ3n) is 7.12. The number of hydrogen-bond donors (Lipinski definition) is 3. The van der Waals surface area contributed by atoms with Gasteiger partial charge in [-0.2, -0.15) is 0 Å². The summed E-state index contributed by atoms with van der Waals surface area (Å²) in [7, 11) is 0. The van der Waals surface area contributed by atoms with Crippen molar-refractivity contribution < 1.29 is 4.79 Å². The number of nitrogens with one attached hydrogen (secondary N) is 2. The van der Waals surface area contributed by atoms with Gasteiger partial charge in [-0.1, -0.05) is 32.1 Å². The van der Waals surface area contributed by atoms with Crippen molar-refractivity contribution in [3.8, 4) is 0 Å². The molecular weight excluding hydrogens is 402 g/mol. The minimum Gasteiger partial charge on any atom is -0.383 e. The van der Waals surface area contributed by atoms with Crippen molar-refractivity contribution in [1.29, 1.82) is 0 Å². The zero-order valence-electron chi connectivity index (χ0n) is 18.4. The van der Waals surface area contributed by atoms with Gasteiger partial charge in [0.25, 0.3) is 11.5 Å². The number of fused-ring (bicyclic) bond motifs is 1. The average molecular weight is 434 g/mol. The van der Waals surface area contributed by atoms with E-state index in [-0.39, 0.29) is 17.3 Å². The Morgan fingerprint density at radius 2 is 1.78 bits per heavy atom. The molecule has 1 aromatic carbocycles. The summed E-state index contributed by atoms with van der Waals surface area (Å²) >= 11 is 0. The third kappa shape index (κ3) is 4.04. The van der Waals surface area contributed by atoms with Crippen LogP contribution in [0.3, 0.4) is 0 Å². The molecule has 1 aliphatic heterocycles. The number of nitrogens with zero attached hydrogens (tertiary/aromatic N) is 2. The van der Waals surface area contributed by atoms with E-state index in [1.54, 1.807) is 6.20 Å². The number of hydrogen-bond acceptors (Lipinski definition) is 4. The van der Waals surface area contributed by atoms with Gasteiger partial charge < -0.3 is 20.9 Å². The van der Waals surface area contributed by atoms with E-state index in [0.717, 1.165) is 42.5 Å². The van der Waals surface area contributed by atoms with E-state index in [2.05, 4.69) is 15.3 Å². The number of H-pyrrole nitrogens is 1. The summed E-state index contributed by atoms with van der Waals surface area (Å²) < 4.78 is 0. The molecule has 0 radical (unpaired) electrons. The number of pyridine rings is 1. The molecule has 2 aliphatic carbocycles. The molecule has 32 heavy (non-hydrogen) atoms. The van der Waals surface area contributed by atoms with Crippen LogP contribution in [0.1, 0.15) is 79.3 Å². The SMILES string of the molecule is NC(=Nc1ccc2c(c1)CN(C1CCCC1)C2=O)c1c(NC2CCCCC2)cc[nH]c1=O. The first kappa shape index (κ1) is 20.8. The number of aromatic amines is 1. The Labute approximate surface area is 188 Å². The van der Waals surface area contributed by atoms with Crippen molar-refractivity contribution in [1.82, 2.24) is 9.88 Å². The second-order valence-corrected chi connectivity index (χ2v) is 9.28. The Kier molecular flexibility index (Phi) is 5.72. The number of amidine groups is 1. The maximum absolute atomic E-state index is 12.8. The molecule has 168 valence electrons. The van der Waals surface area contributed by atoms with Crippen LogP contribution >= 0.6 is 0 Å². The average Bonchev–Trinajstić information content (AvgIpc) is 3.42. The Morgan fingerprint density at radius 3 is 2.56 bits per heavy atom. The van der Waals surface area contributed by atoms with Crippen molar-refractivity contribution in [3.05, 3.63) is 57.5 Å². The smallest absolute Gasteiger partial charge is 0.261 e. The maximum atomic E-state index is 12.8. The Hall–Kier alpha value is -3.09. The molecule has 0 atom stereocenters. The van der Waals surface area contributed by atoms with E-state index in [4.69, 9.17) is 5.73 Å². The van der Waals surface area contributed by atoms with Crippen molar-refractivity contribution in [3.63, 3.8) is 0 Å². The van der Waals surface area contributed by atoms with Gasteiger partial charge >= 0.3 is 0 Å². The number of carbonyl (C=O) groups excluding carboxylic acids is 1. The number of anilines is 1. The second kappa shape index (κ2) is 8.81. The summed E-state index contributed by atoms with van der Waals surface area (Å²) in [4.78, 5) is 34.8. The third-order valence-corrected chi connectivity index (χ3v) is 7.12. The van der Waals surface area contributed by atoms with Crippen molar-refractivity contribution >= 4 is 23.1 Å². The Balaban J connectivity index is 1.40. The number of amides is 1. The van der Waals surface area contributed by atoms with Crippen LogP contribution in [0.5, 0.6) is 0 Å². The summed E-state index contributed by atoms with van der Waals surface area (Å²) in [5, 5.41) is 3.51. The number of rotatable bonds is 5. The predicted octanol–water partition coefficient (Wildman–Crippen LogP) is 4.05. The van der Waals surface area contributed by atoms with E-state index in [1.807, 2.05) is 29.2 Å². The maximum Gasteiger partial charge on any atom is 0.261 e. The van der Waals surface area contributed by atoms with Crippen LogP contribution in [0.25, 0.3) is 0 Å². The van der Waals surface area contributed by atoms with Gasteiger partial charge in [0.2, 0.25) is 0 Å². The van der Waals surface area contributed by atoms with Crippen molar-refractivity contribution in [2.75, 3.05) is 5.32 Å². The van der Waals surface area contributed by atoms with Crippen LogP contribution in [-0.4, -0.2) is 33.7 Å². The quantitative estimate of drug-likeness (QED) is 0.489.